The third-order valence-electron chi connectivity index (χ3n) is 5.39. The molecule has 0 radical (unpaired) electrons. The molecule has 6 nitrogen and oxygen atoms in total. The molecule has 0 saturated carbocycles. The molecule has 1 aromatic heterocycles. The minimum atomic E-state index is -0.237. The van der Waals surface area contributed by atoms with Crippen LogP contribution in [0.2, 0.25) is 0 Å². The van der Waals surface area contributed by atoms with E-state index in [2.05, 4.69) is 5.32 Å². The van der Waals surface area contributed by atoms with E-state index in [1.54, 1.807) is 26.0 Å². The number of methoxy groups -OCH3 is 2. The van der Waals surface area contributed by atoms with Crippen LogP contribution in [0.25, 0.3) is 5.69 Å². The number of fused-ring (bicyclic) bond motifs is 1. The number of thioether (sulfide) groups is 1. The summed E-state index contributed by atoms with van der Waals surface area (Å²) in [5.74, 6) is 2.13. The summed E-state index contributed by atoms with van der Waals surface area (Å²) < 4.78 is 12.9. The molecule has 2 aromatic carbocycles. The zero-order valence-electron chi connectivity index (χ0n) is 17.7. The molecule has 156 valence electrons. The molecule has 1 N–H and O–H groups in total. The second-order valence-electron chi connectivity index (χ2n) is 7.30. The Morgan fingerprint density at radius 2 is 1.87 bits per heavy atom. The number of carbonyl (C=O) groups excluding carboxylic acids is 1. The minimum absolute atomic E-state index is 0.0361. The van der Waals surface area contributed by atoms with Crippen LogP contribution in [0.3, 0.4) is 0 Å². The highest BCUT2D eigenvalue weighted by Gasteiger charge is 2.35. The summed E-state index contributed by atoms with van der Waals surface area (Å²) in [5.41, 5.74) is 4.88. The Morgan fingerprint density at radius 1 is 1.10 bits per heavy atom. The van der Waals surface area contributed by atoms with Gasteiger partial charge < -0.3 is 14.8 Å². The number of amides is 1. The number of nitrogens with zero attached hydrogens (tertiary/aromatic N) is 2. The molecular formula is C23H25N3O3S. The van der Waals surface area contributed by atoms with Crippen molar-refractivity contribution < 1.29 is 14.3 Å². The first kappa shape index (κ1) is 20.3. The SMILES string of the molecule is COc1ccc([C@H]2S[C@H](C)C(=O)Nc3c2c(C)nn3-c2ccccc2C)c(OC)c1. The van der Waals surface area contributed by atoms with E-state index in [0.717, 1.165) is 39.6 Å². The molecule has 0 bridgehead atoms. The number of hydrogen-bond acceptors (Lipinski definition) is 5. The van der Waals surface area contributed by atoms with Gasteiger partial charge in [0.1, 0.15) is 17.3 Å². The van der Waals surface area contributed by atoms with Gasteiger partial charge in [0.2, 0.25) is 5.91 Å². The number of aromatic nitrogens is 2. The van der Waals surface area contributed by atoms with Crippen molar-refractivity contribution in [3.63, 3.8) is 0 Å². The Morgan fingerprint density at radius 3 is 2.57 bits per heavy atom. The first-order valence-electron chi connectivity index (χ1n) is 9.78. The van der Waals surface area contributed by atoms with Gasteiger partial charge in [-0.3, -0.25) is 4.79 Å². The summed E-state index contributed by atoms with van der Waals surface area (Å²) in [6.07, 6.45) is 0. The van der Waals surface area contributed by atoms with Gasteiger partial charge in [-0.15, -0.1) is 11.8 Å². The molecule has 7 heteroatoms. The number of nitrogens with one attached hydrogen (secondary N) is 1. The third-order valence-corrected chi connectivity index (χ3v) is 6.77. The van der Waals surface area contributed by atoms with Gasteiger partial charge in [0.05, 0.1) is 36.1 Å². The van der Waals surface area contributed by atoms with Crippen LogP contribution in [0.5, 0.6) is 11.5 Å². The number of benzene rings is 2. The summed E-state index contributed by atoms with van der Waals surface area (Å²) in [7, 11) is 3.28. The fraction of sp³-hybridized carbons (Fsp3) is 0.304. The molecule has 0 fully saturated rings. The Bertz CT molecular complexity index is 1110. The van der Waals surface area contributed by atoms with E-state index in [0.29, 0.717) is 5.82 Å². The Hall–Kier alpha value is -2.93. The number of para-hydroxylation sites is 1. The summed E-state index contributed by atoms with van der Waals surface area (Å²) in [4.78, 5) is 12.9. The Balaban J connectivity index is 1.94. The van der Waals surface area contributed by atoms with Crippen molar-refractivity contribution in [1.29, 1.82) is 0 Å². The number of anilines is 1. The quantitative estimate of drug-likeness (QED) is 0.661. The van der Waals surface area contributed by atoms with Crippen LogP contribution < -0.4 is 14.8 Å². The van der Waals surface area contributed by atoms with Crippen LogP contribution >= 0.6 is 11.8 Å². The smallest absolute Gasteiger partial charge is 0.238 e. The van der Waals surface area contributed by atoms with Crippen molar-refractivity contribution >= 4 is 23.5 Å². The summed E-state index contributed by atoms with van der Waals surface area (Å²) in [5, 5.41) is 7.58. The van der Waals surface area contributed by atoms with Gasteiger partial charge >= 0.3 is 0 Å². The molecule has 0 unspecified atom stereocenters. The van der Waals surface area contributed by atoms with Crippen molar-refractivity contribution in [3.05, 3.63) is 64.8 Å². The number of rotatable bonds is 4. The molecule has 0 spiro atoms. The fourth-order valence-electron chi connectivity index (χ4n) is 3.77. The van der Waals surface area contributed by atoms with Crippen LogP contribution in [-0.4, -0.2) is 35.2 Å². The second kappa shape index (κ2) is 8.07. The molecule has 2 atom stereocenters. The van der Waals surface area contributed by atoms with E-state index in [9.17, 15) is 4.79 Å². The third kappa shape index (κ3) is 3.43. The molecule has 0 aliphatic carbocycles. The van der Waals surface area contributed by atoms with E-state index in [1.807, 2.05) is 67.9 Å². The van der Waals surface area contributed by atoms with E-state index in [-0.39, 0.29) is 16.4 Å². The van der Waals surface area contributed by atoms with E-state index >= 15 is 0 Å². The van der Waals surface area contributed by atoms with E-state index in [1.165, 1.54) is 0 Å². The van der Waals surface area contributed by atoms with Gasteiger partial charge in [0.15, 0.2) is 0 Å². The average molecular weight is 424 g/mol. The maximum absolute atomic E-state index is 12.9. The lowest BCUT2D eigenvalue weighted by Gasteiger charge is -2.20. The van der Waals surface area contributed by atoms with Gasteiger partial charge in [-0.2, -0.15) is 5.10 Å². The van der Waals surface area contributed by atoms with Crippen molar-refractivity contribution in [1.82, 2.24) is 9.78 Å². The molecular weight excluding hydrogens is 398 g/mol. The fourth-order valence-corrected chi connectivity index (χ4v) is 5.12. The molecule has 1 aliphatic heterocycles. The van der Waals surface area contributed by atoms with E-state index < -0.39 is 0 Å². The minimum Gasteiger partial charge on any atom is -0.497 e. The highest BCUT2D eigenvalue weighted by Crippen LogP contribution is 2.49. The molecule has 3 aromatic rings. The van der Waals surface area contributed by atoms with Crippen LogP contribution in [0, 0.1) is 13.8 Å². The van der Waals surface area contributed by atoms with Crippen molar-refractivity contribution in [3.8, 4) is 17.2 Å². The van der Waals surface area contributed by atoms with Gasteiger partial charge in [0.25, 0.3) is 0 Å². The van der Waals surface area contributed by atoms with Crippen LogP contribution in [0.15, 0.2) is 42.5 Å². The van der Waals surface area contributed by atoms with Crippen molar-refractivity contribution in [2.75, 3.05) is 19.5 Å². The highest BCUT2D eigenvalue weighted by molar-refractivity contribution is 8.01. The lowest BCUT2D eigenvalue weighted by molar-refractivity contribution is -0.115. The molecule has 4 rings (SSSR count). The normalized spacial score (nSPS) is 18.4. The average Bonchev–Trinajstić information content (AvgIpc) is 2.99. The summed E-state index contributed by atoms with van der Waals surface area (Å²) in [6.45, 7) is 5.95. The zero-order valence-corrected chi connectivity index (χ0v) is 18.5. The maximum atomic E-state index is 12.9. The number of aryl methyl sites for hydroxylation is 2. The maximum Gasteiger partial charge on any atom is 0.238 e. The van der Waals surface area contributed by atoms with Crippen LogP contribution in [0.1, 0.15) is 34.6 Å². The monoisotopic (exact) mass is 423 g/mol. The predicted octanol–water partition coefficient (Wildman–Crippen LogP) is 4.67. The molecule has 1 amide bonds. The van der Waals surface area contributed by atoms with Crippen molar-refractivity contribution in [2.45, 2.75) is 31.3 Å². The lowest BCUT2D eigenvalue weighted by Crippen LogP contribution is -2.22. The van der Waals surface area contributed by atoms with Gasteiger partial charge in [-0.1, -0.05) is 24.3 Å². The number of hydrogen-bond donors (Lipinski definition) is 1. The lowest BCUT2D eigenvalue weighted by atomic mass is 10.0. The van der Waals surface area contributed by atoms with Crippen LogP contribution in [0.4, 0.5) is 5.82 Å². The topological polar surface area (TPSA) is 65.4 Å². The van der Waals surface area contributed by atoms with Crippen molar-refractivity contribution in [2.24, 2.45) is 0 Å². The molecule has 1 aliphatic rings. The molecule has 2 heterocycles. The first-order valence-corrected chi connectivity index (χ1v) is 10.7. The zero-order chi connectivity index (χ0) is 21.4. The first-order chi connectivity index (χ1) is 14.4. The molecule has 30 heavy (non-hydrogen) atoms. The summed E-state index contributed by atoms with van der Waals surface area (Å²) >= 11 is 1.59. The van der Waals surface area contributed by atoms with Gasteiger partial charge in [-0.05, 0) is 38.5 Å². The highest BCUT2D eigenvalue weighted by atomic mass is 32.2. The Kier molecular flexibility index (Phi) is 5.47. The Labute approximate surface area is 180 Å². The standard InChI is InChI=1S/C23H25N3O3S/c1-13-8-6-7-9-18(13)26-22-20(14(2)25-26)21(30-15(3)23(27)24-22)17-11-10-16(28-4)12-19(17)29-5/h6-12,15,21H,1-5H3,(H,24,27)/t15-,21-/m1/s1. The van der Waals surface area contributed by atoms with Gasteiger partial charge in [-0.25, -0.2) is 4.68 Å². The summed E-state index contributed by atoms with van der Waals surface area (Å²) in [6, 6.07) is 13.8. The molecule has 0 saturated heterocycles. The number of ether oxygens (including phenoxy) is 2. The largest absolute Gasteiger partial charge is 0.497 e. The van der Waals surface area contributed by atoms with Crippen LogP contribution in [-0.2, 0) is 4.79 Å². The predicted molar refractivity (Wildman–Crippen MR) is 120 cm³/mol. The van der Waals surface area contributed by atoms with Gasteiger partial charge in [0, 0.05) is 17.2 Å². The second-order valence-corrected chi connectivity index (χ2v) is 8.75. The number of carbonyl (C=O) groups is 1. The van der Waals surface area contributed by atoms with E-state index in [4.69, 9.17) is 14.6 Å².